The molecule has 6 heteroatoms. The number of benzene rings is 2. The Morgan fingerprint density at radius 3 is 2.74 bits per heavy atom. The van der Waals surface area contributed by atoms with E-state index in [1.807, 2.05) is 24.6 Å². The second-order valence-corrected chi connectivity index (χ2v) is 6.97. The molecule has 2 atom stereocenters. The number of ketones is 1. The molecule has 27 heavy (non-hydrogen) atoms. The SMILES string of the molecule is CC1c2cc(OC[C@H](O)CO)ccc2C(=O)c2c1n(C)c1cc(O)ccc21. The summed E-state index contributed by atoms with van der Waals surface area (Å²) in [4.78, 5) is 13.2. The van der Waals surface area contributed by atoms with Crippen LogP contribution in [0.5, 0.6) is 11.5 Å². The monoisotopic (exact) mass is 367 g/mol. The highest BCUT2D eigenvalue weighted by molar-refractivity contribution is 6.20. The lowest BCUT2D eigenvalue weighted by molar-refractivity contribution is 0.0535. The zero-order valence-electron chi connectivity index (χ0n) is 15.1. The number of phenolic OH excluding ortho intramolecular Hbond substituents is 1. The number of fused-ring (bicyclic) bond motifs is 4. The molecule has 0 radical (unpaired) electrons. The normalized spacial score (nSPS) is 16.9. The minimum Gasteiger partial charge on any atom is -0.508 e. The number of aliphatic hydroxyl groups is 2. The van der Waals surface area contributed by atoms with Gasteiger partial charge in [-0.05, 0) is 35.9 Å². The van der Waals surface area contributed by atoms with E-state index in [-0.39, 0.29) is 30.7 Å². The van der Waals surface area contributed by atoms with Crippen molar-refractivity contribution in [2.75, 3.05) is 13.2 Å². The first kappa shape index (κ1) is 17.6. The Kier molecular flexibility index (Phi) is 4.17. The fraction of sp³-hybridized carbons (Fsp3) is 0.286. The first-order valence-electron chi connectivity index (χ1n) is 8.84. The number of hydrogen-bond donors (Lipinski definition) is 3. The van der Waals surface area contributed by atoms with Gasteiger partial charge in [-0.1, -0.05) is 6.92 Å². The summed E-state index contributed by atoms with van der Waals surface area (Å²) in [6, 6.07) is 10.3. The molecule has 0 fully saturated rings. The van der Waals surface area contributed by atoms with Gasteiger partial charge in [-0.15, -0.1) is 0 Å². The molecule has 3 aromatic rings. The Hall–Kier alpha value is -2.83. The molecular weight excluding hydrogens is 346 g/mol. The third kappa shape index (κ3) is 2.69. The third-order valence-corrected chi connectivity index (χ3v) is 5.25. The molecule has 1 unspecified atom stereocenters. The summed E-state index contributed by atoms with van der Waals surface area (Å²) in [6.07, 6.45) is -0.947. The van der Waals surface area contributed by atoms with Crippen molar-refractivity contribution in [1.82, 2.24) is 4.57 Å². The van der Waals surface area contributed by atoms with Crippen molar-refractivity contribution in [2.45, 2.75) is 18.9 Å². The number of aryl methyl sites for hydroxylation is 1. The molecule has 1 heterocycles. The summed E-state index contributed by atoms with van der Waals surface area (Å²) < 4.78 is 7.50. The van der Waals surface area contributed by atoms with Gasteiger partial charge in [0.05, 0.1) is 17.7 Å². The largest absolute Gasteiger partial charge is 0.508 e. The van der Waals surface area contributed by atoms with Crippen LogP contribution < -0.4 is 4.74 Å². The van der Waals surface area contributed by atoms with Crippen molar-refractivity contribution >= 4 is 16.7 Å². The lowest BCUT2D eigenvalue weighted by Gasteiger charge is -2.24. The van der Waals surface area contributed by atoms with Crippen LogP contribution in [0.25, 0.3) is 10.9 Å². The van der Waals surface area contributed by atoms with Gasteiger partial charge in [-0.3, -0.25) is 4.79 Å². The number of carbonyl (C=O) groups is 1. The molecule has 1 aliphatic rings. The molecule has 0 saturated heterocycles. The summed E-state index contributed by atoms with van der Waals surface area (Å²) in [5, 5.41) is 29.0. The van der Waals surface area contributed by atoms with Crippen molar-refractivity contribution < 1.29 is 24.9 Å². The summed E-state index contributed by atoms with van der Waals surface area (Å²) in [6.45, 7) is 1.65. The summed E-state index contributed by atoms with van der Waals surface area (Å²) in [7, 11) is 1.90. The van der Waals surface area contributed by atoms with Crippen molar-refractivity contribution in [3.63, 3.8) is 0 Å². The van der Waals surface area contributed by atoms with Crippen molar-refractivity contribution in [3.05, 3.63) is 58.8 Å². The molecule has 1 aromatic heterocycles. The van der Waals surface area contributed by atoms with Gasteiger partial charge in [0.1, 0.15) is 24.2 Å². The van der Waals surface area contributed by atoms with Gasteiger partial charge in [-0.25, -0.2) is 0 Å². The second kappa shape index (κ2) is 6.40. The molecule has 3 N–H and O–H groups in total. The van der Waals surface area contributed by atoms with Gasteiger partial charge in [0.2, 0.25) is 0 Å². The van der Waals surface area contributed by atoms with Gasteiger partial charge in [0.15, 0.2) is 5.78 Å². The predicted molar refractivity (Wildman–Crippen MR) is 101 cm³/mol. The van der Waals surface area contributed by atoms with Crippen LogP contribution in [0, 0.1) is 0 Å². The van der Waals surface area contributed by atoms with Gasteiger partial charge in [0.25, 0.3) is 0 Å². The van der Waals surface area contributed by atoms with Gasteiger partial charge < -0.3 is 24.6 Å². The average molecular weight is 367 g/mol. The highest BCUT2D eigenvalue weighted by Crippen LogP contribution is 2.42. The number of nitrogens with zero attached hydrogens (tertiary/aromatic N) is 1. The van der Waals surface area contributed by atoms with Gasteiger partial charge in [0, 0.05) is 35.7 Å². The molecule has 140 valence electrons. The minimum atomic E-state index is -0.947. The fourth-order valence-electron chi connectivity index (χ4n) is 3.91. The van der Waals surface area contributed by atoms with E-state index in [1.165, 1.54) is 0 Å². The fourth-order valence-corrected chi connectivity index (χ4v) is 3.91. The zero-order valence-corrected chi connectivity index (χ0v) is 15.1. The lowest BCUT2D eigenvalue weighted by atomic mass is 9.81. The van der Waals surface area contributed by atoms with E-state index in [1.54, 1.807) is 30.3 Å². The number of aliphatic hydroxyl groups excluding tert-OH is 2. The molecule has 4 rings (SSSR count). The van der Waals surface area contributed by atoms with Crippen LogP contribution in [0.4, 0.5) is 0 Å². The van der Waals surface area contributed by atoms with Crippen LogP contribution in [0.2, 0.25) is 0 Å². The Bertz CT molecular complexity index is 1050. The van der Waals surface area contributed by atoms with Crippen LogP contribution in [-0.2, 0) is 7.05 Å². The Morgan fingerprint density at radius 1 is 1.22 bits per heavy atom. The highest BCUT2D eigenvalue weighted by atomic mass is 16.5. The lowest BCUT2D eigenvalue weighted by Crippen LogP contribution is -2.22. The first-order valence-corrected chi connectivity index (χ1v) is 8.84. The van der Waals surface area contributed by atoms with Crippen LogP contribution in [0.3, 0.4) is 0 Å². The first-order chi connectivity index (χ1) is 12.9. The average Bonchev–Trinajstić information content (AvgIpc) is 2.96. The third-order valence-electron chi connectivity index (χ3n) is 5.25. The Labute approximate surface area is 156 Å². The zero-order chi connectivity index (χ0) is 19.3. The van der Waals surface area contributed by atoms with Crippen LogP contribution in [0.15, 0.2) is 36.4 Å². The van der Waals surface area contributed by atoms with E-state index >= 15 is 0 Å². The molecule has 0 amide bonds. The number of rotatable bonds is 4. The quantitative estimate of drug-likeness (QED) is 0.658. The molecular formula is C21H21NO5. The van der Waals surface area contributed by atoms with E-state index in [2.05, 4.69) is 0 Å². The topological polar surface area (TPSA) is 91.9 Å². The Balaban J connectivity index is 1.81. The maximum atomic E-state index is 13.2. The van der Waals surface area contributed by atoms with E-state index in [0.29, 0.717) is 16.9 Å². The summed E-state index contributed by atoms with van der Waals surface area (Å²) in [5.41, 5.74) is 3.89. The second-order valence-electron chi connectivity index (χ2n) is 6.97. The molecule has 0 saturated carbocycles. The molecule has 0 bridgehead atoms. The van der Waals surface area contributed by atoms with E-state index < -0.39 is 6.10 Å². The number of carbonyl (C=O) groups excluding carboxylic acids is 1. The molecule has 0 spiro atoms. The van der Waals surface area contributed by atoms with Crippen molar-refractivity contribution in [1.29, 1.82) is 0 Å². The maximum Gasteiger partial charge on any atom is 0.195 e. The summed E-state index contributed by atoms with van der Waals surface area (Å²) in [5.74, 6) is 0.617. The standard InChI is InChI=1S/C21H21NO5/c1-11-17-8-14(27-10-13(25)9-23)4-6-15(17)21(26)19-16-5-3-12(24)7-18(16)22(2)20(11)19/h3-8,11,13,23-25H,9-10H2,1-2H3/t11?,13-/m1/s1. The number of ether oxygens (including phenoxy) is 1. The van der Waals surface area contributed by atoms with Crippen molar-refractivity contribution in [3.8, 4) is 11.5 Å². The molecule has 6 nitrogen and oxygen atoms in total. The molecule has 2 aromatic carbocycles. The van der Waals surface area contributed by atoms with Crippen molar-refractivity contribution in [2.24, 2.45) is 7.05 Å². The van der Waals surface area contributed by atoms with Gasteiger partial charge in [-0.2, -0.15) is 0 Å². The highest BCUT2D eigenvalue weighted by Gasteiger charge is 2.34. The van der Waals surface area contributed by atoms with E-state index in [4.69, 9.17) is 9.84 Å². The number of phenols is 1. The molecule has 0 aliphatic heterocycles. The van der Waals surface area contributed by atoms with Gasteiger partial charge >= 0.3 is 0 Å². The maximum absolute atomic E-state index is 13.2. The predicted octanol–water partition coefficient (Wildman–Crippen LogP) is 2.31. The Morgan fingerprint density at radius 2 is 2.00 bits per heavy atom. The number of hydrogen-bond acceptors (Lipinski definition) is 5. The van der Waals surface area contributed by atoms with Crippen LogP contribution in [-0.4, -0.2) is 45.0 Å². The van der Waals surface area contributed by atoms with E-state index in [0.717, 1.165) is 22.2 Å². The number of aromatic nitrogens is 1. The smallest absolute Gasteiger partial charge is 0.195 e. The molecule has 1 aliphatic carbocycles. The minimum absolute atomic E-state index is 0.0177. The number of aromatic hydroxyl groups is 1. The summed E-state index contributed by atoms with van der Waals surface area (Å²) >= 11 is 0. The van der Waals surface area contributed by atoms with Crippen LogP contribution >= 0.6 is 0 Å². The van der Waals surface area contributed by atoms with Crippen LogP contribution in [0.1, 0.15) is 40.0 Å². The van der Waals surface area contributed by atoms with E-state index in [9.17, 15) is 15.0 Å².